The first-order chi connectivity index (χ1) is 11.1. The molecule has 1 heterocycles. The van der Waals surface area contributed by atoms with Crippen LogP contribution in [-0.2, 0) is 4.79 Å². The number of aryl methyl sites for hydroxylation is 1. The highest BCUT2D eigenvalue weighted by Gasteiger charge is 2.29. The number of nitrogens with zero attached hydrogens (tertiary/aromatic N) is 1. The van der Waals surface area contributed by atoms with Gasteiger partial charge in [-0.15, -0.1) is 23.7 Å². The van der Waals surface area contributed by atoms with Gasteiger partial charge in [0, 0.05) is 5.56 Å². The Morgan fingerprint density at radius 2 is 1.84 bits per heavy atom. The standard InChI is InChI=1S/C18H24FN3OS.ClH/c1-10(21-16(23)15(20)18(3,4)5)14-11(2)22-17(24-14)12-6-8-13(19)9-7-12;/h6-10,15H,20H2,1-5H3,(H,21,23);1H/t10?,15-;/m1./s1. The van der Waals surface area contributed by atoms with Gasteiger partial charge in [0.1, 0.15) is 10.8 Å². The monoisotopic (exact) mass is 385 g/mol. The fraction of sp³-hybridized carbons (Fsp3) is 0.444. The number of halogens is 2. The second kappa shape index (κ2) is 8.25. The minimum absolute atomic E-state index is 0. The van der Waals surface area contributed by atoms with E-state index in [0.717, 1.165) is 21.1 Å². The van der Waals surface area contributed by atoms with Crippen LogP contribution in [0.2, 0.25) is 0 Å². The summed E-state index contributed by atoms with van der Waals surface area (Å²) >= 11 is 1.50. The Bertz CT molecular complexity index is 725. The molecule has 2 atom stereocenters. The molecule has 0 aliphatic rings. The topological polar surface area (TPSA) is 68.0 Å². The van der Waals surface area contributed by atoms with Gasteiger partial charge in [-0.2, -0.15) is 0 Å². The van der Waals surface area contributed by atoms with E-state index >= 15 is 0 Å². The number of thiazole rings is 1. The molecule has 3 N–H and O–H groups in total. The Kier molecular flexibility index (Phi) is 7.11. The molecule has 4 nitrogen and oxygen atoms in total. The van der Waals surface area contributed by atoms with Crippen molar-refractivity contribution < 1.29 is 9.18 Å². The van der Waals surface area contributed by atoms with E-state index in [4.69, 9.17) is 5.73 Å². The van der Waals surface area contributed by atoms with E-state index < -0.39 is 6.04 Å². The number of hydrogen-bond donors (Lipinski definition) is 2. The average Bonchev–Trinajstić information content (AvgIpc) is 2.88. The van der Waals surface area contributed by atoms with E-state index in [9.17, 15) is 9.18 Å². The smallest absolute Gasteiger partial charge is 0.237 e. The third-order valence-corrected chi connectivity index (χ3v) is 5.28. The molecule has 0 fully saturated rings. The van der Waals surface area contributed by atoms with Gasteiger partial charge in [-0.1, -0.05) is 20.8 Å². The van der Waals surface area contributed by atoms with Crippen LogP contribution in [0.3, 0.4) is 0 Å². The van der Waals surface area contributed by atoms with Crippen LogP contribution in [0.4, 0.5) is 4.39 Å². The second-order valence-corrected chi connectivity index (χ2v) is 8.08. The van der Waals surface area contributed by atoms with Gasteiger partial charge >= 0.3 is 0 Å². The lowest BCUT2D eigenvalue weighted by Crippen LogP contribution is -2.49. The molecule has 2 rings (SSSR count). The zero-order valence-corrected chi connectivity index (χ0v) is 16.7. The van der Waals surface area contributed by atoms with E-state index in [1.165, 1.54) is 23.5 Å². The highest BCUT2D eigenvalue weighted by Crippen LogP contribution is 2.32. The third-order valence-electron chi connectivity index (χ3n) is 3.89. The number of rotatable bonds is 4. The van der Waals surface area contributed by atoms with Crippen LogP contribution in [0.25, 0.3) is 10.6 Å². The summed E-state index contributed by atoms with van der Waals surface area (Å²) in [6.45, 7) is 9.64. The molecule has 0 saturated heterocycles. The Morgan fingerprint density at radius 3 is 2.36 bits per heavy atom. The fourth-order valence-corrected chi connectivity index (χ4v) is 3.36. The highest BCUT2D eigenvalue weighted by molar-refractivity contribution is 7.15. The van der Waals surface area contributed by atoms with Gasteiger partial charge in [0.15, 0.2) is 0 Å². The first kappa shape index (κ1) is 21.5. The van der Waals surface area contributed by atoms with E-state index in [0.29, 0.717) is 0 Å². The van der Waals surface area contributed by atoms with Crippen molar-refractivity contribution in [2.75, 3.05) is 0 Å². The molecule has 0 spiro atoms. The van der Waals surface area contributed by atoms with E-state index in [2.05, 4.69) is 10.3 Å². The molecule has 0 bridgehead atoms. The average molecular weight is 386 g/mol. The zero-order chi connectivity index (χ0) is 18.1. The normalized spacial score (nSPS) is 13.7. The lowest BCUT2D eigenvalue weighted by atomic mass is 9.87. The van der Waals surface area contributed by atoms with Crippen LogP contribution in [0.15, 0.2) is 24.3 Å². The molecular formula is C18H25ClFN3OS. The third kappa shape index (κ3) is 5.23. The zero-order valence-electron chi connectivity index (χ0n) is 15.1. The SMILES string of the molecule is Cc1nc(-c2ccc(F)cc2)sc1C(C)NC(=O)[C@@H](N)C(C)(C)C.Cl. The molecular weight excluding hydrogens is 361 g/mol. The van der Waals surface area contributed by atoms with Crippen LogP contribution in [0.5, 0.6) is 0 Å². The minimum Gasteiger partial charge on any atom is -0.347 e. The summed E-state index contributed by atoms with van der Waals surface area (Å²) in [6.07, 6.45) is 0. The predicted molar refractivity (Wildman–Crippen MR) is 103 cm³/mol. The molecule has 0 aliphatic carbocycles. The van der Waals surface area contributed by atoms with Crippen LogP contribution < -0.4 is 11.1 Å². The number of amides is 1. The van der Waals surface area contributed by atoms with Crippen LogP contribution in [-0.4, -0.2) is 16.9 Å². The number of benzene rings is 1. The van der Waals surface area contributed by atoms with Crippen molar-refractivity contribution in [2.45, 2.75) is 46.7 Å². The Labute approximate surface area is 158 Å². The molecule has 0 radical (unpaired) electrons. The van der Waals surface area contributed by atoms with Crippen molar-refractivity contribution in [3.63, 3.8) is 0 Å². The molecule has 1 unspecified atom stereocenters. The number of carbonyl (C=O) groups is 1. The van der Waals surface area contributed by atoms with Gasteiger partial charge in [-0.05, 0) is 43.5 Å². The number of hydrogen-bond acceptors (Lipinski definition) is 4. The number of nitrogens with one attached hydrogen (secondary N) is 1. The molecule has 0 aliphatic heterocycles. The first-order valence-corrected chi connectivity index (χ1v) is 8.70. The van der Waals surface area contributed by atoms with Gasteiger partial charge < -0.3 is 11.1 Å². The Hall–Kier alpha value is -1.50. The van der Waals surface area contributed by atoms with Crippen LogP contribution in [0, 0.1) is 18.2 Å². The Morgan fingerprint density at radius 1 is 1.28 bits per heavy atom. The summed E-state index contributed by atoms with van der Waals surface area (Å²) < 4.78 is 13.1. The van der Waals surface area contributed by atoms with Gasteiger partial charge in [0.25, 0.3) is 0 Å². The number of nitrogens with two attached hydrogens (primary N) is 1. The van der Waals surface area contributed by atoms with Crippen molar-refractivity contribution in [2.24, 2.45) is 11.1 Å². The summed E-state index contributed by atoms with van der Waals surface area (Å²) in [5.74, 6) is -0.449. The molecule has 25 heavy (non-hydrogen) atoms. The molecule has 1 aromatic carbocycles. The maximum atomic E-state index is 13.1. The van der Waals surface area contributed by atoms with Gasteiger partial charge in [-0.3, -0.25) is 4.79 Å². The van der Waals surface area contributed by atoms with Crippen molar-refractivity contribution in [1.29, 1.82) is 0 Å². The lowest BCUT2D eigenvalue weighted by Gasteiger charge is -2.27. The lowest BCUT2D eigenvalue weighted by molar-refractivity contribution is -0.125. The van der Waals surface area contributed by atoms with Crippen LogP contribution in [0.1, 0.15) is 44.3 Å². The van der Waals surface area contributed by atoms with Crippen LogP contribution >= 0.6 is 23.7 Å². The molecule has 1 aromatic heterocycles. The molecule has 7 heteroatoms. The summed E-state index contributed by atoms with van der Waals surface area (Å²) in [5.41, 5.74) is 7.43. The second-order valence-electron chi connectivity index (χ2n) is 7.05. The predicted octanol–water partition coefficient (Wildman–Crippen LogP) is 4.23. The van der Waals surface area contributed by atoms with Crippen molar-refractivity contribution >= 4 is 29.7 Å². The molecule has 0 saturated carbocycles. The summed E-state index contributed by atoms with van der Waals surface area (Å²) in [5, 5.41) is 3.77. The quantitative estimate of drug-likeness (QED) is 0.827. The van der Waals surface area contributed by atoms with Crippen molar-refractivity contribution in [1.82, 2.24) is 10.3 Å². The molecule has 138 valence electrons. The Balaban J connectivity index is 0.00000312. The summed E-state index contributed by atoms with van der Waals surface area (Å²) in [6, 6.07) is 5.48. The van der Waals surface area contributed by atoms with E-state index in [-0.39, 0.29) is 35.6 Å². The van der Waals surface area contributed by atoms with Gasteiger partial charge in [0.05, 0.1) is 22.7 Å². The van der Waals surface area contributed by atoms with Gasteiger partial charge in [0.2, 0.25) is 5.91 Å². The first-order valence-electron chi connectivity index (χ1n) is 7.89. The largest absolute Gasteiger partial charge is 0.347 e. The molecule has 2 aromatic rings. The fourth-order valence-electron chi connectivity index (χ4n) is 2.29. The molecule has 1 amide bonds. The number of aromatic nitrogens is 1. The van der Waals surface area contributed by atoms with E-state index in [1.807, 2.05) is 34.6 Å². The van der Waals surface area contributed by atoms with E-state index in [1.54, 1.807) is 12.1 Å². The minimum atomic E-state index is -0.579. The van der Waals surface area contributed by atoms with Crippen molar-refractivity contribution in [3.8, 4) is 10.6 Å². The van der Waals surface area contributed by atoms with Gasteiger partial charge in [-0.25, -0.2) is 9.37 Å². The highest BCUT2D eigenvalue weighted by atomic mass is 35.5. The maximum absolute atomic E-state index is 13.1. The van der Waals surface area contributed by atoms with Crippen molar-refractivity contribution in [3.05, 3.63) is 40.7 Å². The number of carbonyl (C=O) groups excluding carboxylic acids is 1. The summed E-state index contributed by atoms with van der Waals surface area (Å²) in [7, 11) is 0. The maximum Gasteiger partial charge on any atom is 0.237 e. The summed E-state index contributed by atoms with van der Waals surface area (Å²) in [4.78, 5) is 17.8.